The van der Waals surface area contributed by atoms with Gasteiger partial charge in [0.15, 0.2) is 9.84 Å². The molecular formula is C19H23N3O3S. The monoisotopic (exact) mass is 373 g/mol. The summed E-state index contributed by atoms with van der Waals surface area (Å²) in [5, 5.41) is 0. The van der Waals surface area contributed by atoms with Crippen molar-refractivity contribution in [3.05, 3.63) is 59.9 Å². The number of aromatic nitrogens is 1. The fourth-order valence-electron chi connectivity index (χ4n) is 2.97. The van der Waals surface area contributed by atoms with Gasteiger partial charge in [-0.1, -0.05) is 6.07 Å². The number of benzene rings is 1. The summed E-state index contributed by atoms with van der Waals surface area (Å²) in [6, 6.07) is 11.3. The minimum Gasteiger partial charge on any atom is -0.369 e. The topological polar surface area (TPSA) is 70.6 Å². The van der Waals surface area contributed by atoms with Crippen LogP contribution in [0.5, 0.6) is 0 Å². The van der Waals surface area contributed by atoms with Gasteiger partial charge in [-0.15, -0.1) is 0 Å². The van der Waals surface area contributed by atoms with Crippen molar-refractivity contribution >= 4 is 21.4 Å². The Hall–Kier alpha value is -2.41. The second kappa shape index (κ2) is 7.86. The maximum Gasteiger partial charge on any atom is 0.253 e. The Morgan fingerprint density at radius 1 is 1.15 bits per heavy atom. The van der Waals surface area contributed by atoms with Crippen molar-refractivity contribution in [3.8, 4) is 0 Å². The average Bonchev–Trinajstić information content (AvgIpc) is 2.66. The molecule has 26 heavy (non-hydrogen) atoms. The van der Waals surface area contributed by atoms with Gasteiger partial charge < -0.3 is 9.80 Å². The fourth-order valence-corrected chi connectivity index (χ4v) is 4.18. The summed E-state index contributed by atoms with van der Waals surface area (Å²) < 4.78 is 23.2. The molecule has 1 saturated heterocycles. The van der Waals surface area contributed by atoms with E-state index in [1.54, 1.807) is 30.4 Å². The second-order valence-electron chi connectivity index (χ2n) is 6.52. The van der Waals surface area contributed by atoms with Crippen molar-refractivity contribution in [1.29, 1.82) is 0 Å². The Kier molecular flexibility index (Phi) is 5.56. The molecule has 0 radical (unpaired) electrons. The van der Waals surface area contributed by atoms with E-state index in [1.165, 1.54) is 0 Å². The molecule has 0 bridgehead atoms. The summed E-state index contributed by atoms with van der Waals surface area (Å²) in [5.74, 6) is 0.291. The first kappa shape index (κ1) is 18.4. The quantitative estimate of drug-likeness (QED) is 0.797. The zero-order valence-corrected chi connectivity index (χ0v) is 15.7. The van der Waals surface area contributed by atoms with Crippen LogP contribution >= 0.6 is 0 Å². The molecule has 3 rings (SSSR count). The lowest BCUT2D eigenvalue weighted by Crippen LogP contribution is -2.40. The number of carbonyl (C=O) groups is 1. The minimum atomic E-state index is -2.92. The smallest absolute Gasteiger partial charge is 0.253 e. The summed E-state index contributed by atoms with van der Waals surface area (Å²) in [5.41, 5.74) is 2.66. The van der Waals surface area contributed by atoms with Crippen LogP contribution in [0.4, 0.5) is 5.69 Å². The summed E-state index contributed by atoms with van der Waals surface area (Å²) in [6.07, 6.45) is 4.27. The SMILES string of the molecule is CN(CCc1ccncc1)C(=O)c1cccc(N2CCS(=O)(=O)CC2)c1. The van der Waals surface area contributed by atoms with E-state index in [-0.39, 0.29) is 17.4 Å². The number of carbonyl (C=O) groups excluding carboxylic acids is 1. The lowest BCUT2D eigenvalue weighted by molar-refractivity contribution is 0.0796. The van der Waals surface area contributed by atoms with Crippen LogP contribution in [-0.4, -0.2) is 62.4 Å². The Bertz CT molecular complexity index is 855. The van der Waals surface area contributed by atoms with Crippen molar-refractivity contribution < 1.29 is 13.2 Å². The fraction of sp³-hybridized carbons (Fsp3) is 0.368. The number of amides is 1. The molecule has 1 amide bonds. The first-order chi connectivity index (χ1) is 12.4. The molecule has 7 heteroatoms. The van der Waals surface area contributed by atoms with Gasteiger partial charge in [-0.3, -0.25) is 9.78 Å². The number of pyridine rings is 1. The van der Waals surface area contributed by atoms with Crippen molar-refractivity contribution in [3.63, 3.8) is 0 Å². The maximum absolute atomic E-state index is 12.7. The first-order valence-corrected chi connectivity index (χ1v) is 10.5. The van der Waals surface area contributed by atoms with E-state index in [4.69, 9.17) is 0 Å². The third-order valence-electron chi connectivity index (χ3n) is 4.63. The van der Waals surface area contributed by atoms with Crippen molar-refractivity contribution in [2.75, 3.05) is 43.1 Å². The average molecular weight is 373 g/mol. The molecule has 138 valence electrons. The van der Waals surface area contributed by atoms with Gasteiger partial charge in [-0.25, -0.2) is 8.42 Å². The predicted molar refractivity (Wildman–Crippen MR) is 102 cm³/mol. The van der Waals surface area contributed by atoms with E-state index >= 15 is 0 Å². The van der Waals surface area contributed by atoms with Gasteiger partial charge in [0.25, 0.3) is 5.91 Å². The van der Waals surface area contributed by atoms with Crippen LogP contribution in [0.15, 0.2) is 48.8 Å². The lowest BCUT2D eigenvalue weighted by Gasteiger charge is -2.29. The number of rotatable bonds is 5. The van der Waals surface area contributed by atoms with Gasteiger partial charge in [-0.2, -0.15) is 0 Å². The molecule has 2 aromatic rings. The first-order valence-electron chi connectivity index (χ1n) is 8.64. The Labute approximate surface area is 154 Å². The molecule has 1 aromatic heterocycles. The Morgan fingerprint density at radius 2 is 1.85 bits per heavy atom. The van der Waals surface area contributed by atoms with E-state index in [9.17, 15) is 13.2 Å². The van der Waals surface area contributed by atoms with E-state index in [2.05, 4.69) is 4.98 Å². The number of sulfone groups is 1. The van der Waals surface area contributed by atoms with E-state index in [0.29, 0.717) is 25.2 Å². The Morgan fingerprint density at radius 3 is 2.54 bits per heavy atom. The van der Waals surface area contributed by atoms with Gasteiger partial charge in [0.2, 0.25) is 0 Å². The normalized spacial score (nSPS) is 16.3. The number of likely N-dealkylation sites (N-methyl/N-ethyl adjacent to an activating group) is 1. The molecule has 1 aliphatic heterocycles. The lowest BCUT2D eigenvalue weighted by atomic mass is 10.1. The zero-order chi connectivity index (χ0) is 18.6. The molecular weight excluding hydrogens is 350 g/mol. The highest BCUT2D eigenvalue weighted by Gasteiger charge is 2.22. The molecule has 1 aliphatic rings. The third-order valence-corrected chi connectivity index (χ3v) is 6.24. The Balaban J connectivity index is 1.64. The molecule has 6 nitrogen and oxygen atoms in total. The number of anilines is 1. The molecule has 1 fully saturated rings. The van der Waals surface area contributed by atoms with Crippen LogP contribution in [0.2, 0.25) is 0 Å². The standard InChI is InChI=1S/C19H23N3O3S/c1-21(10-7-16-5-8-20-9-6-16)19(23)17-3-2-4-18(15-17)22-11-13-26(24,25)14-12-22/h2-6,8-9,15H,7,10-14H2,1H3. The molecule has 0 N–H and O–H groups in total. The maximum atomic E-state index is 12.7. The highest BCUT2D eigenvalue weighted by atomic mass is 32.2. The van der Waals surface area contributed by atoms with E-state index in [1.807, 2.05) is 35.2 Å². The molecule has 0 atom stereocenters. The molecule has 0 aliphatic carbocycles. The van der Waals surface area contributed by atoms with Crippen molar-refractivity contribution in [2.45, 2.75) is 6.42 Å². The molecule has 0 saturated carbocycles. The van der Waals surface area contributed by atoms with Gasteiger partial charge in [0, 0.05) is 50.3 Å². The summed E-state index contributed by atoms with van der Waals surface area (Å²) >= 11 is 0. The number of nitrogens with zero attached hydrogens (tertiary/aromatic N) is 3. The van der Waals surface area contributed by atoms with Gasteiger partial charge in [0.05, 0.1) is 11.5 Å². The zero-order valence-electron chi connectivity index (χ0n) is 14.8. The van der Waals surface area contributed by atoms with Crippen LogP contribution in [0.25, 0.3) is 0 Å². The summed E-state index contributed by atoms with van der Waals surface area (Å²) in [7, 11) is -1.12. The molecule has 1 aromatic carbocycles. The van der Waals surface area contributed by atoms with Crippen molar-refractivity contribution in [1.82, 2.24) is 9.88 Å². The highest BCUT2D eigenvalue weighted by molar-refractivity contribution is 7.91. The van der Waals surface area contributed by atoms with Crippen LogP contribution in [0.3, 0.4) is 0 Å². The third kappa shape index (κ3) is 4.60. The van der Waals surface area contributed by atoms with Crippen molar-refractivity contribution in [2.24, 2.45) is 0 Å². The van der Waals surface area contributed by atoms with Crippen LogP contribution in [0, 0.1) is 0 Å². The van der Waals surface area contributed by atoms with Crippen LogP contribution in [0.1, 0.15) is 15.9 Å². The number of hydrogen-bond donors (Lipinski definition) is 0. The second-order valence-corrected chi connectivity index (χ2v) is 8.83. The summed E-state index contributed by atoms with van der Waals surface area (Å²) in [4.78, 5) is 20.4. The van der Waals surface area contributed by atoms with E-state index in [0.717, 1.165) is 17.7 Å². The van der Waals surface area contributed by atoms with Gasteiger partial charge >= 0.3 is 0 Å². The molecule has 2 heterocycles. The van der Waals surface area contributed by atoms with E-state index < -0.39 is 9.84 Å². The highest BCUT2D eigenvalue weighted by Crippen LogP contribution is 2.19. The van der Waals surface area contributed by atoms with Crippen LogP contribution < -0.4 is 4.90 Å². The van der Waals surface area contributed by atoms with Gasteiger partial charge in [0.1, 0.15) is 0 Å². The van der Waals surface area contributed by atoms with Crippen LogP contribution in [-0.2, 0) is 16.3 Å². The molecule has 0 spiro atoms. The largest absolute Gasteiger partial charge is 0.369 e. The minimum absolute atomic E-state index is 0.0365. The molecule has 0 unspecified atom stereocenters. The van der Waals surface area contributed by atoms with Gasteiger partial charge in [-0.05, 0) is 42.3 Å². The predicted octanol–water partition coefficient (Wildman–Crippen LogP) is 1.63. The number of hydrogen-bond acceptors (Lipinski definition) is 5. The summed E-state index contributed by atoms with van der Waals surface area (Å²) in [6.45, 7) is 1.56.